The zero-order chi connectivity index (χ0) is 24.2. The summed E-state index contributed by atoms with van der Waals surface area (Å²) in [5.41, 5.74) is 0.444. The van der Waals surface area contributed by atoms with Gasteiger partial charge in [0, 0.05) is 11.6 Å². The van der Waals surface area contributed by atoms with E-state index in [1.165, 1.54) is 0 Å². The van der Waals surface area contributed by atoms with E-state index in [9.17, 15) is 19.2 Å². The van der Waals surface area contributed by atoms with E-state index in [-0.39, 0.29) is 46.0 Å². The van der Waals surface area contributed by atoms with Crippen LogP contribution in [0.4, 0.5) is 17.3 Å². The summed E-state index contributed by atoms with van der Waals surface area (Å²) in [6.07, 6.45) is 0. The third-order valence-corrected chi connectivity index (χ3v) is 4.79. The number of imidazole rings is 1. The molecule has 11 nitrogen and oxygen atoms in total. The summed E-state index contributed by atoms with van der Waals surface area (Å²) >= 11 is 0. The number of rotatable bonds is 6. The van der Waals surface area contributed by atoms with Crippen molar-refractivity contribution >= 4 is 46.2 Å². The average Bonchev–Trinajstić information content (AvgIpc) is 3.25. The molecule has 11 heteroatoms. The molecule has 0 saturated heterocycles. The molecular formula is C23H21N7O4. The lowest BCUT2D eigenvalue weighted by molar-refractivity contribution is -0.118. The van der Waals surface area contributed by atoms with Crippen LogP contribution in [0.1, 0.15) is 34.8 Å². The van der Waals surface area contributed by atoms with Crippen molar-refractivity contribution in [2.75, 3.05) is 16.0 Å². The van der Waals surface area contributed by atoms with Gasteiger partial charge in [-0.05, 0) is 24.3 Å². The molecule has 0 bridgehead atoms. The number of H-pyrrole nitrogens is 2. The summed E-state index contributed by atoms with van der Waals surface area (Å²) in [6, 6.07) is 15.4. The molecule has 4 rings (SSSR count). The molecule has 0 radical (unpaired) electrons. The fourth-order valence-corrected chi connectivity index (χ4v) is 3.03. The number of hydrogen-bond donors (Lipinski definition) is 5. The second kappa shape index (κ2) is 9.36. The number of carbonyl (C=O) groups excluding carboxylic acids is 3. The number of hydrogen-bond acceptors (Lipinski definition) is 6. The van der Waals surface area contributed by atoms with Crippen LogP contribution in [0.5, 0.6) is 0 Å². The Hall–Kier alpha value is -4.80. The summed E-state index contributed by atoms with van der Waals surface area (Å²) in [6.45, 7) is 3.39. The van der Waals surface area contributed by atoms with Crippen LogP contribution in [0.15, 0.2) is 59.4 Å². The minimum atomic E-state index is -0.676. The van der Waals surface area contributed by atoms with Crippen LogP contribution in [0.3, 0.4) is 0 Å². The first-order valence-electron chi connectivity index (χ1n) is 10.4. The Kier molecular flexibility index (Phi) is 6.17. The lowest BCUT2D eigenvalue weighted by atomic mass is 10.1. The minimum absolute atomic E-state index is 0.0252. The first-order chi connectivity index (χ1) is 16.3. The van der Waals surface area contributed by atoms with E-state index in [1.54, 1.807) is 62.4 Å². The molecule has 0 aliphatic rings. The summed E-state index contributed by atoms with van der Waals surface area (Å²) < 4.78 is 0. The zero-order valence-corrected chi connectivity index (χ0v) is 18.3. The maximum atomic E-state index is 12.8. The van der Waals surface area contributed by atoms with Crippen molar-refractivity contribution in [3.05, 3.63) is 76.3 Å². The number of aromatic amines is 2. The Labute approximate surface area is 193 Å². The summed E-state index contributed by atoms with van der Waals surface area (Å²) in [5.74, 6) is -1.99. The van der Waals surface area contributed by atoms with Crippen LogP contribution in [-0.2, 0) is 4.79 Å². The topological polar surface area (TPSA) is 162 Å². The van der Waals surface area contributed by atoms with Gasteiger partial charge in [0.15, 0.2) is 17.0 Å². The van der Waals surface area contributed by atoms with Gasteiger partial charge >= 0.3 is 0 Å². The Morgan fingerprint density at radius 1 is 0.824 bits per heavy atom. The van der Waals surface area contributed by atoms with Crippen LogP contribution < -0.4 is 21.5 Å². The van der Waals surface area contributed by atoms with Gasteiger partial charge in [-0.2, -0.15) is 4.98 Å². The quantitative estimate of drug-likeness (QED) is 0.298. The van der Waals surface area contributed by atoms with Crippen LogP contribution >= 0.6 is 0 Å². The third-order valence-electron chi connectivity index (χ3n) is 4.79. The molecule has 0 atom stereocenters. The van der Waals surface area contributed by atoms with Crippen LogP contribution in [0.2, 0.25) is 0 Å². The Morgan fingerprint density at radius 2 is 1.53 bits per heavy atom. The molecule has 0 aliphatic carbocycles. The highest BCUT2D eigenvalue weighted by Gasteiger charge is 2.19. The van der Waals surface area contributed by atoms with Crippen molar-refractivity contribution in [2.45, 2.75) is 13.8 Å². The van der Waals surface area contributed by atoms with Crippen molar-refractivity contribution in [3.8, 4) is 0 Å². The van der Waals surface area contributed by atoms with Gasteiger partial charge < -0.3 is 15.6 Å². The Balaban J connectivity index is 1.57. The molecule has 172 valence electrons. The number of nitrogens with one attached hydrogen (secondary N) is 5. The highest BCUT2D eigenvalue weighted by Crippen LogP contribution is 2.18. The van der Waals surface area contributed by atoms with Gasteiger partial charge in [-0.15, -0.1) is 0 Å². The van der Waals surface area contributed by atoms with Gasteiger partial charge in [-0.3, -0.25) is 29.5 Å². The molecule has 4 aromatic rings. The van der Waals surface area contributed by atoms with Crippen LogP contribution in [0, 0.1) is 5.92 Å². The lowest BCUT2D eigenvalue weighted by Crippen LogP contribution is -2.22. The number of nitrogens with zero attached hydrogens (tertiary/aromatic N) is 2. The standard InChI is InChI=1S/C23H21N7O4/c1-12(2)19(31)29-23-28-17-16(21(33)30-23)26-18(27-17)22(34)25-15-11-7-6-10-14(15)20(32)24-13-8-4-3-5-9-13/h3-12H,1-2H3,(H,24,32)(H,25,34)(H3,26,27,28,29,30,31,33). The molecular weight excluding hydrogens is 438 g/mol. The molecule has 0 unspecified atom stereocenters. The maximum Gasteiger partial charge on any atom is 0.291 e. The number of benzene rings is 2. The predicted molar refractivity (Wildman–Crippen MR) is 127 cm³/mol. The lowest BCUT2D eigenvalue weighted by Gasteiger charge is -2.10. The molecule has 2 heterocycles. The zero-order valence-electron chi connectivity index (χ0n) is 18.3. The monoisotopic (exact) mass is 459 g/mol. The number of carbonyl (C=O) groups is 3. The van der Waals surface area contributed by atoms with Gasteiger partial charge in [0.1, 0.15) is 0 Å². The highest BCUT2D eigenvalue weighted by molar-refractivity contribution is 6.12. The molecule has 0 saturated carbocycles. The van der Waals surface area contributed by atoms with E-state index >= 15 is 0 Å². The molecule has 3 amide bonds. The summed E-state index contributed by atoms with van der Waals surface area (Å²) in [5, 5.41) is 7.89. The fraction of sp³-hybridized carbons (Fsp3) is 0.130. The molecule has 0 spiro atoms. The van der Waals surface area contributed by atoms with E-state index in [1.807, 2.05) is 6.07 Å². The first-order valence-corrected chi connectivity index (χ1v) is 10.4. The minimum Gasteiger partial charge on any atom is -0.328 e. The third kappa shape index (κ3) is 4.83. The predicted octanol–water partition coefficient (Wildman–Crippen LogP) is 2.75. The number of anilines is 3. The first kappa shape index (κ1) is 22.4. The SMILES string of the molecule is CC(C)C(=O)Nc1nc2nc(C(=O)Nc3ccccc3C(=O)Nc3ccccc3)[nH]c2c(=O)[nH]1. The second-order valence-corrected chi connectivity index (χ2v) is 7.66. The van der Waals surface area contributed by atoms with Crippen molar-refractivity contribution in [1.29, 1.82) is 0 Å². The average molecular weight is 459 g/mol. The molecule has 5 N–H and O–H groups in total. The molecule has 34 heavy (non-hydrogen) atoms. The normalized spacial score (nSPS) is 10.8. The fourth-order valence-electron chi connectivity index (χ4n) is 3.03. The summed E-state index contributed by atoms with van der Waals surface area (Å²) in [4.78, 5) is 63.0. The van der Waals surface area contributed by atoms with Crippen molar-refractivity contribution in [1.82, 2.24) is 19.9 Å². The van der Waals surface area contributed by atoms with Gasteiger partial charge in [-0.1, -0.05) is 44.2 Å². The van der Waals surface area contributed by atoms with Crippen molar-refractivity contribution in [3.63, 3.8) is 0 Å². The molecule has 2 aromatic heterocycles. The van der Waals surface area contributed by atoms with E-state index < -0.39 is 17.4 Å². The highest BCUT2D eigenvalue weighted by atomic mass is 16.2. The smallest absolute Gasteiger partial charge is 0.291 e. The Bertz CT molecular complexity index is 1440. The van der Waals surface area contributed by atoms with E-state index in [0.717, 1.165) is 0 Å². The van der Waals surface area contributed by atoms with Gasteiger partial charge in [0.25, 0.3) is 17.4 Å². The second-order valence-electron chi connectivity index (χ2n) is 7.66. The van der Waals surface area contributed by atoms with E-state index in [0.29, 0.717) is 5.69 Å². The number of amides is 3. The van der Waals surface area contributed by atoms with Gasteiger partial charge in [0.05, 0.1) is 11.3 Å². The number of para-hydroxylation sites is 2. The largest absolute Gasteiger partial charge is 0.328 e. The maximum absolute atomic E-state index is 12.8. The summed E-state index contributed by atoms with van der Waals surface area (Å²) in [7, 11) is 0. The van der Waals surface area contributed by atoms with E-state index in [2.05, 4.69) is 35.9 Å². The molecule has 0 fully saturated rings. The van der Waals surface area contributed by atoms with Crippen molar-refractivity contribution < 1.29 is 14.4 Å². The number of aromatic nitrogens is 4. The van der Waals surface area contributed by atoms with Crippen LogP contribution in [0.25, 0.3) is 11.2 Å². The van der Waals surface area contributed by atoms with Gasteiger partial charge in [-0.25, -0.2) is 4.98 Å². The number of fused-ring (bicyclic) bond motifs is 1. The van der Waals surface area contributed by atoms with Crippen molar-refractivity contribution in [2.24, 2.45) is 5.92 Å². The molecule has 0 aliphatic heterocycles. The van der Waals surface area contributed by atoms with Gasteiger partial charge in [0.2, 0.25) is 11.9 Å². The van der Waals surface area contributed by atoms with E-state index in [4.69, 9.17) is 0 Å². The molecule has 2 aromatic carbocycles. The Morgan fingerprint density at radius 3 is 2.26 bits per heavy atom. The van der Waals surface area contributed by atoms with Crippen LogP contribution in [-0.4, -0.2) is 37.7 Å².